The minimum Gasteiger partial charge on any atom is -0.365 e. The summed E-state index contributed by atoms with van der Waals surface area (Å²) in [7, 11) is 0. The van der Waals surface area contributed by atoms with Crippen LogP contribution in [-0.2, 0) is 11.3 Å². The van der Waals surface area contributed by atoms with Crippen molar-refractivity contribution in [3.63, 3.8) is 0 Å². The molecule has 3 amide bonds. The fraction of sp³-hybridized carbons (Fsp3) is 0.400. The van der Waals surface area contributed by atoms with Crippen LogP contribution in [0.15, 0.2) is 30.5 Å². The average molecular weight is 415 g/mol. The molecule has 0 aromatic carbocycles. The van der Waals surface area contributed by atoms with Crippen molar-refractivity contribution in [2.45, 2.75) is 20.4 Å². The molecule has 1 fully saturated rings. The second-order valence-corrected chi connectivity index (χ2v) is 6.98. The van der Waals surface area contributed by atoms with Crippen LogP contribution in [0.2, 0.25) is 0 Å². The number of anilines is 3. The van der Waals surface area contributed by atoms with Crippen LogP contribution in [-0.4, -0.2) is 59.5 Å². The van der Waals surface area contributed by atoms with Gasteiger partial charge in [0, 0.05) is 52.4 Å². The van der Waals surface area contributed by atoms with Gasteiger partial charge >= 0.3 is 6.03 Å². The molecule has 3 rings (SSSR count). The summed E-state index contributed by atoms with van der Waals surface area (Å²) in [5.41, 5.74) is 1.47. The molecule has 0 atom stereocenters. The molecule has 2 aromatic rings. The highest BCUT2D eigenvalue weighted by molar-refractivity contribution is 5.88. The van der Waals surface area contributed by atoms with Crippen LogP contribution in [0.5, 0.6) is 0 Å². The van der Waals surface area contributed by atoms with Crippen molar-refractivity contribution < 1.29 is 14.0 Å². The summed E-state index contributed by atoms with van der Waals surface area (Å²) >= 11 is 0. The second kappa shape index (κ2) is 9.97. The number of hydrogen-bond acceptors (Lipinski definition) is 6. The van der Waals surface area contributed by atoms with Gasteiger partial charge in [0.1, 0.15) is 11.6 Å². The normalized spacial score (nSPS) is 14.3. The molecule has 0 aliphatic carbocycles. The Balaban J connectivity index is 1.55. The van der Waals surface area contributed by atoms with Crippen molar-refractivity contribution in [1.82, 2.24) is 20.2 Å². The molecule has 30 heavy (non-hydrogen) atoms. The zero-order valence-electron chi connectivity index (χ0n) is 17.1. The van der Waals surface area contributed by atoms with Crippen LogP contribution in [0, 0.1) is 5.95 Å². The Morgan fingerprint density at radius 1 is 1.10 bits per heavy atom. The van der Waals surface area contributed by atoms with E-state index in [-0.39, 0.29) is 17.8 Å². The van der Waals surface area contributed by atoms with E-state index in [9.17, 15) is 14.0 Å². The molecule has 3 N–H and O–H groups in total. The van der Waals surface area contributed by atoms with E-state index in [4.69, 9.17) is 0 Å². The molecule has 0 saturated carbocycles. The summed E-state index contributed by atoms with van der Waals surface area (Å²) in [6, 6.07) is 6.74. The van der Waals surface area contributed by atoms with E-state index in [1.54, 1.807) is 18.3 Å². The third kappa shape index (κ3) is 5.86. The van der Waals surface area contributed by atoms with Gasteiger partial charge in [-0.25, -0.2) is 14.8 Å². The largest absolute Gasteiger partial charge is 0.365 e. The molecule has 3 heterocycles. The van der Waals surface area contributed by atoms with E-state index in [1.165, 1.54) is 6.92 Å². The Morgan fingerprint density at radius 2 is 1.87 bits per heavy atom. The molecule has 1 saturated heterocycles. The van der Waals surface area contributed by atoms with E-state index in [0.717, 1.165) is 18.7 Å². The number of amides is 3. The van der Waals surface area contributed by atoms with Crippen molar-refractivity contribution in [3.8, 4) is 0 Å². The molecule has 160 valence electrons. The van der Waals surface area contributed by atoms with Gasteiger partial charge in [0.2, 0.25) is 11.9 Å². The van der Waals surface area contributed by atoms with Gasteiger partial charge in [-0.05, 0) is 36.8 Å². The summed E-state index contributed by atoms with van der Waals surface area (Å²) < 4.78 is 14.4. The SMILES string of the molecule is CCNC(=O)Nc1cc(CN2CCN(c3ccc(NC(C)=O)nc3F)CC2)ccn1. The third-order valence-electron chi connectivity index (χ3n) is 4.66. The van der Waals surface area contributed by atoms with Gasteiger partial charge in [0.15, 0.2) is 0 Å². The van der Waals surface area contributed by atoms with Crippen molar-refractivity contribution in [1.29, 1.82) is 0 Å². The Kier molecular flexibility index (Phi) is 7.12. The highest BCUT2D eigenvalue weighted by atomic mass is 19.1. The van der Waals surface area contributed by atoms with Crippen molar-refractivity contribution in [2.75, 3.05) is 48.3 Å². The monoisotopic (exact) mass is 415 g/mol. The average Bonchev–Trinajstić information content (AvgIpc) is 2.69. The number of halogens is 1. The lowest BCUT2D eigenvalue weighted by molar-refractivity contribution is -0.114. The Bertz CT molecular complexity index is 900. The van der Waals surface area contributed by atoms with Crippen LogP contribution in [0.3, 0.4) is 0 Å². The predicted octanol–water partition coefficient (Wildman–Crippen LogP) is 2.04. The van der Waals surface area contributed by atoms with Crippen LogP contribution in [0.1, 0.15) is 19.4 Å². The fourth-order valence-electron chi connectivity index (χ4n) is 3.28. The van der Waals surface area contributed by atoms with E-state index < -0.39 is 5.95 Å². The third-order valence-corrected chi connectivity index (χ3v) is 4.66. The molecular weight excluding hydrogens is 389 g/mol. The maximum absolute atomic E-state index is 14.4. The summed E-state index contributed by atoms with van der Waals surface area (Å²) in [4.78, 5) is 34.9. The molecule has 2 aromatic heterocycles. The summed E-state index contributed by atoms with van der Waals surface area (Å²) in [6.45, 7) is 7.30. The minimum absolute atomic E-state index is 0.206. The van der Waals surface area contributed by atoms with Crippen molar-refractivity contribution in [3.05, 3.63) is 42.0 Å². The quantitative estimate of drug-likeness (QED) is 0.624. The minimum atomic E-state index is -0.593. The molecule has 0 unspecified atom stereocenters. The number of nitrogens with zero attached hydrogens (tertiary/aromatic N) is 4. The van der Waals surface area contributed by atoms with Gasteiger partial charge in [-0.15, -0.1) is 0 Å². The number of pyridine rings is 2. The van der Waals surface area contributed by atoms with Crippen LogP contribution in [0.4, 0.5) is 26.5 Å². The second-order valence-electron chi connectivity index (χ2n) is 6.98. The van der Waals surface area contributed by atoms with Gasteiger partial charge < -0.3 is 15.5 Å². The standard InChI is InChI=1S/C20H26FN7O2/c1-3-22-20(30)26-18-12-15(6-7-23-18)13-27-8-10-28(11-9-27)16-4-5-17(24-14(2)29)25-19(16)21/h4-7,12H,3,8-11,13H2,1-2H3,(H,24,25,29)(H2,22,23,26,30). The summed E-state index contributed by atoms with van der Waals surface area (Å²) in [5.74, 6) is -0.171. The number of nitrogens with one attached hydrogen (secondary N) is 3. The van der Waals surface area contributed by atoms with E-state index >= 15 is 0 Å². The van der Waals surface area contributed by atoms with E-state index in [1.807, 2.05) is 24.0 Å². The van der Waals surface area contributed by atoms with Gasteiger partial charge in [0.25, 0.3) is 0 Å². The molecular formula is C20H26FN7O2. The van der Waals surface area contributed by atoms with Crippen LogP contribution >= 0.6 is 0 Å². The fourth-order valence-corrected chi connectivity index (χ4v) is 3.28. The zero-order chi connectivity index (χ0) is 21.5. The lowest BCUT2D eigenvalue weighted by Gasteiger charge is -2.36. The maximum Gasteiger partial charge on any atom is 0.320 e. The molecule has 10 heteroatoms. The predicted molar refractivity (Wildman–Crippen MR) is 113 cm³/mol. The number of hydrogen-bond donors (Lipinski definition) is 3. The topological polar surface area (TPSA) is 102 Å². The number of urea groups is 1. The molecule has 0 radical (unpaired) electrons. The van der Waals surface area contributed by atoms with E-state index in [2.05, 4.69) is 30.8 Å². The number of rotatable bonds is 6. The first kappa shape index (κ1) is 21.4. The van der Waals surface area contributed by atoms with Crippen molar-refractivity contribution in [2.24, 2.45) is 0 Å². The summed E-state index contributed by atoms with van der Waals surface area (Å²) in [5, 5.41) is 7.86. The lowest BCUT2D eigenvalue weighted by atomic mass is 10.2. The van der Waals surface area contributed by atoms with Gasteiger partial charge in [-0.2, -0.15) is 4.39 Å². The smallest absolute Gasteiger partial charge is 0.320 e. The van der Waals surface area contributed by atoms with Crippen LogP contribution < -0.4 is 20.9 Å². The Labute approximate surface area is 174 Å². The Morgan fingerprint density at radius 3 is 2.53 bits per heavy atom. The van der Waals surface area contributed by atoms with Crippen molar-refractivity contribution >= 4 is 29.3 Å². The summed E-state index contributed by atoms with van der Waals surface area (Å²) in [6.07, 6.45) is 1.67. The van der Waals surface area contributed by atoms with Crippen LogP contribution in [0.25, 0.3) is 0 Å². The number of piperazine rings is 1. The van der Waals surface area contributed by atoms with Gasteiger partial charge in [0.05, 0.1) is 5.69 Å². The highest BCUT2D eigenvalue weighted by Crippen LogP contribution is 2.22. The maximum atomic E-state index is 14.4. The zero-order valence-corrected chi connectivity index (χ0v) is 17.1. The molecule has 1 aliphatic heterocycles. The molecule has 0 bridgehead atoms. The molecule has 0 spiro atoms. The first-order chi connectivity index (χ1) is 14.4. The number of carbonyl (C=O) groups is 2. The Hall–Kier alpha value is -3.27. The first-order valence-corrected chi connectivity index (χ1v) is 9.86. The van der Waals surface area contributed by atoms with Gasteiger partial charge in [-0.3, -0.25) is 15.0 Å². The number of carbonyl (C=O) groups excluding carboxylic acids is 2. The highest BCUT2D eigenvalue weighted by Gasteiger charge is 2.20. The number of aromatic nitrogens is 2. The van der Waals surface area contributed by atoms with E-state index in [0.29, 0.717) is 37.7 Å². The molecule has 1 aliphatic rings. The first-order valence-electron chi connectivity index (χ1n) is 9.86. The van der Waals surface area contributed by atoms with Gasteiger partial charge in [-0.1, -0.05) is 0 Å². The molecule has 9 nitrogen and oxygen atoms in total. The lowest BCUT2D eigenvalue weighted by Crippen LogP contribution is -2.46.